The third kappa shape index (κ3) is 5.34. The summed E-state index contributed by atoms with van der Waals surface area (Å²) in [7, 11) is 0. The standard InChI is InChI=1S/C21H27N3O.2ClH/c1-14-4-7-19-17(11-14)18(12-20(24-19)16-5-6-16)21(25)23-10-8-15-3-2-9-22-13-15;;/h4,7,11-12,15-16,22H,2-3,5-6,8-10,13H2,1H3,(H,23,25);2*1H. The number of fused-ring (bicyclic) bond motifs is 1. The van der Waals surface area contributed by atoms with E-state index in [0.29, 0.717) is 11.8 Å². The average Bonchev–Trinajstić information content (AvgIpc) is 3.47. The Bertz CT molecular complexity index is 786. The highest BCUT2D eigenvalue weighted by Gasteiger charge is 2.27. The number of aromatic nitrogens is 1. The zero-order chi connectivity index (χ0) is 17.2. The molecule has 2 fully saturated rings. The van der Waals surface area contributed by atoms with Gasteiger partial charge in [0.1, 0.15) is 0 Å². The number of hydrogen-bond acceptors (Lipinski definition) is 3. The van der Waals surface area contributed by atoms with Crippen LogP contribution in [0.1, 0.15) is 59.6 Å². The van der Waals surface area contributed by atoms with Crippen LogP contribution in [0.5, 0.6) is 0 Å². The van der Waals surface area contributed by atoms with Crippen molar-refractivity contribution in [3.63, 3.8) is 0 Å². The molecular weight excluding hydrogens is 381 g/mol. The Balaban J connectivity index is 0.00000131. The van der Waals surface area contributed by atoms with Crippen molar-refractivity contribution in [2.24, 2.45) is 5.92 Å². The fraction of sp³-hybridized carbons (Fsp3) is 0.524. The van der Waals surface area contributed by atoms with Crippen molar-refractivity contribution in [3.8, 4) is 0 Å². The van der Waals surface area contributed by atoms with Gasteiger partial charge in [-0.3, -0.25) is 9.78 Å². The molecule has 1 atom stereocenters. The molecule has 1 aliphatic heterocycles. The van der Waals surface area contributed by atoms with Gasteiger partial charge in [-0.25, -0.2) is 0 Å². The van der Waals surface area contributed by atoms with Crippen LogP contribution in [0.3, 0.4) is 0 Å². The van der Waals surface area contributed by atoms with Gasteiger partial charge in [0.25, 0.3) is 5.91 Å². The number of halogens is 2. The van der Waals surface area contributed by atoms with Gasteiger partial charge < -0.3 is 10.6 Å². The number of rotatable bonds is 5. The van der Waals surface area contributed by atoms with E-state index >= 15 is 0 Å². The summed E-state index contributed by atoms with van der Waals surface area (Å²) >= 11 is 0. The number of piperidine rings is 1. The molecule has 1 saturated heterocycles. The van der Waals surface area contributed by atoms with Gasteiger partial charge in [-0.2, -0.15) is 0 Å². The molecule has 1 saturated carbocycles. The third-order valence-electron chi connectivity index (χ3n) is 5.46. The Labute approximate surface area is 173 Å². The number of carbonyl (C=O) groups excluding carboxylic acids is 1. The topological polar surface area (TPSA) is 54.0 Å². The zero-order valence-corrected chi connectivity index (χ0v) is 17.4. The number of carbonyl (C=O) groups is 1. The molecule has 1 aliphatic carbocycles. The van der Waals surface area contributed by atoms with E-state index in [0.717, 1.165) is 53.8 Å². The molecule has 148 valence electrons. The fourth-order valence-electron chi connectivity index (χ4n) is 3.79. The van der Waals surface area contributed by atoms with Crippen molar-refractivity contribution in [2.75, 3.05) is 19.6 Å². The molecule has 0 radical (unpaired) electrons. The van der Waals surface area contributed by atoms with Crippen LogP contribution in [-0.2, 0) is 0 Å². The van der Waals surface area contributed by atoms with Crippen LogP contribution >= 0.6 is 24.8 Å². The first-order valence-corrected chi connectivity index (χ1v) is 9.61. The van der Waals surface area contributed by atoms with Crippen molar-refractivity contribution in [1.82, 2.24) is 15.6 Å². The van der Waals surface area contributed by atoms with E-state index in [4.69, 9.17) is 4.98 Å². The maximum atomic E-state index is 12.9. The highest BCUT2D eigenvalue weighted by atomic mass is 35.5. The van der Waals surface area contributed by atoms with Crippen molar-refractivity contribution in [2.45, 2.75) is 44.9 Å². The lowest BCUT2D eigenvalue weighted by molar-refractivity contribution is 0.0952. The molecule has 2 N–H and O–H groups in total. The maximum absolute atomic E-state index is 12.9. The second kappa shape index (κ2) is 9.72. The Hall–Kier alpha value is -1.36. The minimum absolute atomic E-state index is 0. The summed E-state index contributed by atoms with van der Waals surface area (Å²) in [6.07, 6.45) is 5.96. The Kier molecular flexibility index (Phi) is 7.90. The molecule has 2 aliphatic rings. The number of nitrogens with zero attached hydrogens (tertiary/aromatic N) is 1. The molecular formula is C21H29Cl2N3O. The van der Waals surface area contributed by atoms with Gasteiger partial charge in [-0.15, -0.1) is 24.8 Å². The molecule has 4 nitrogen and oxygen atoms in total. The smallest absolute Gasteiger partial charge is 0.252 e. The molecule has 1 aromatic heterocycles. The number of amides is 1. The van der Waals surface area contributed by atoms with Gasteiger partial charge in [0.15, 0.2) is 0 Å². The zero-order valence-electron chi connectivity index (χ0n) is 15.8. The molecule has 6 heteroatoms. The normalized spacial score (nSPS) is 19.1. The minimum atomic E-state index is 0. The van der Waals surface area contributed by atoms with Crippen LogP contribution in [0.2, 0.25) is 0 Å². The fourth-order valence-corrected chi connectivity index (χ4v) is 3.79. The van der Waals surface area contributed by atoms with Crippen molar-refractivity contribution in [3.05, 3.63) is 41.1 Å². The highest BCUT2D eigenvalue weighted by molar-refractivity contribution is 6.06. The van der Waals surface area contributed by atoms with Crippen LogP contribution < -0.4 is 10.6 Å². The van der Waals surface area contributed by atoms with Crippen molar-refractivity contribution < 1.29 is 4.79 Å². The molecule has 1 unspecified atom stereocenters. The molecule has 0 spiro atoms. The number of benzene rings is 1. The SMILES string of the molecule is Cc1ccc2nc(C3CC3)cc(C(=O)NCCC3CCCNC3)c2c1.Cl.Cl. The first-order chi connectivity index (χ1) is 12.2. The van der Waals surface area contributed by atoms with Crippen LogP contribution in [0, 0.1) is 12.8 Å². The van der Waals surface area contributed by atoms with E-state index in [1.54, 1.807) is 0 Å². The lowest BCUT2D eigenvalue weighted by atomic mass is 9.96. The van der Waals surface area contributed by atoms with E-state index in [1.165, 1.54) is 25.7 Å². The predicted octanol–water partition coefficient (Wildman–Crippen LogP) is 4.38. The number of nitrogens with one attached hydrogen (secondary N) is 2. The summed E-state index contributed by atoms with van der Waals surface area (Å²) in [6, 6.07) is 8.22. The van der Waals surface area contributed by atoms with Crippen LogP contribution in [0.15, 0.2) is 24.3 Å². The molecule has 27 heavy (non-hydrogen) atoms. The largest absolute Gasteiger partial charge is 0.352 e. The van der Waals surface area contributed by atoms with Gasteiger partial charge in [0.05, 0.1) is 11.1 Å². The highest BCUT2D eigenvalue weighted by Crippen LogP contribution is 2.40. The first kappa shape index (κ1) is 21.9. The summed E-state index contributed by atoms with van der Waals surface area (Å²) in [5.41, 5.74) is 3.97. The third-order valence-corrected chi connectivity index (χ3v) is 5.46. The Morgan fingerprint density at radius 1 is 1.22 bits per heavy atom. The monoisotopic (exact) mass is 409 g/mol. The quantitative estimate of drug-likeness (QED) is 0.769. The summed E-state index contributed by atoms with van der Waals surface area (Å²) in [5.74, 6) is 1.28. The van der Waals surface area contributed by atoms with Crippen molar-refractivity contribution in [1.29, 1.82) is 0 Å². The molecule has 1 amide bonds. The van der Waals surface area contributed by atoms with Crippen LogP contribution in [-0.4, -0.2) is 30.5 Å². The lowest BCUT2D eigenvalue weighted by Gasteiger charge is -2.22. The Morgan fingerprint density at radius 3 is 2.74 bits per heavy atom. The summed E-state index contributed by atoms with van der Waals surface area (Å²) in [5, 5.41) is 7.56. The van der Waals surface area contributed by atoms with E-state index in [2.05, 4.69) is 29.7 Å². The van der Waals surface area contributed by atoms with E-state index < -0.39 is 0 Å². The average molecular weight is 410 g/mol. The summed E-state index contributed by atoms with van der Waals surface area (Å²) in [4.78, 5) is 17.6. The van der Waals surface area contributed by atoms with Crippen LogP contribution in [0.4, 0.5) is 0 Å². The number of aryl methyl sites for hydroxylation is 1. The van der Waals surface area contributed by atoms with Gasteiger partial charge >= 0.3 is 0 Å². The van der Waals surface area contributed by atoms with Gasteiger partial charge in [0, 0.05) is 23.5 Å². The van der Waals surface area contributed by atoms with E-state index in [9.17, 15) is 4.79 Å². The van der Waals surface area contributed by atoms with Gasteiger partial charge in [0.2, 0.25) is 0 Å². The van der Waals surface area contributed by atoms with Gasteiger partial charge in [-0.1, -0.05) is 11.6 Å². The minimum Gasteiger partial charge on any atom is -0.352 e. The van der Waals surface area contributed by atoms with Crippen molar-refractivity contribution >= 4 is 41.6 Å². The first-order valence-electron chi connectivity index (χ1n) is 9.61. The second-order valence-electron chi connectivity index (χ2n) is 7.65. The number of hydrogen-bond donors (Lipinski definition) is 2. The molecule has 2 heterocycles. The molecule has 4 rings (SSSR count). The summed E-state index contributed by atoms with van der Waals surface area (Å²) in [6.45, 7) is 5.03. The molecule has 1 aromatic carbocycles. The maximum Gasteiger partial charge on any atom is 0.252 e. The number of pyridine rings is 1. The lowest BCUT2D eigenvalue weighted by Crippen LogP contribution is -2.33. The van der Waals surface area contributed by atoms with Crippen LogP contribution in [0.25, 0.3) is 10.9 Å². The molecule has 2 aromatic rings. The predicted molar refractivity (Wildman–Crippen MR) is 115 cm³/mol. The summed E-state index contributed by atoms with van der Waals surface area (Å²) < 4.78 is 0. The van der Waals surface area contributed by atoms with Gasteiger partial charge in [-0.05, 0) is 76.2 Å². The second-order valence-corrected chi connectivity index (χ2v) is 7.65. The molecule has 0 bridgehead atoms. The van der Waals surface area contributed by atoms with E-state index in [1.807, 2.05) is 12.1 Å². The Morgan fingerprint density at radius 2 is 2.04 bits per heavy atom. The van der Waals surface area contributed by atoms with E-state index in [-0.39, 0.29) is 30.7 Å².